The summed E-state index contributed by atoms with van der Waals surface area (Å²) < 4.78 is 5.54. The standard InChI is InChI=1S/C26H28N4O2/c1-18(2)30(16-15-24(31)27-19(3)20-10-5-4-6-11-20)26-21-12-7-8-13-22(21)28-25(29-26)23-14-9-17-32-23/h4-14,17-19H,15-16H2,1-3H3,(H,27,31)/t19-/m1/s1. The fourth-order valence-corrected chi connectivity index (χ4v) is 3.76. The van der Waals surface area contributed by atoms with Crippen molar-refractivity contribution in [2.75, 3.05) is 11.4 Å². The van der Waals surface area contributed by atoms with Crippen LogP contribution in [0.15, 0.2) is 77.4 Å². The SMILES string of the molecule is CC(C)N(CCC(=O)N[C@H](C)c1ccccc1)c1nc(-c2ccco2)nc2ccccc12. The highest BCUT2D eigenvalue weighted by atomic mass is 16.3. The Morgan fingerprint density at radius 3 is 2.44 bits per heavy atom. The van der Waals surface area contributed by atoms with E-state index in [1.54, 1.807) is 6.26 Å². The van der Waals surface area contributed by atoms with Crippen molar-refractivity contribution in [1.29, 1.82) is 0 Å². The Bertz CT molecular complexity index is 1170. The second-order valence-electron chi connectivity index (χ2n) is 8.10. The van der Waals surface area contributed by atoms with Gasteiger partial charge < -0.3 is 14.6 Å². The summed E-state index contributed by atoms with van der Waals surface area (Å²) in [4.78, 5) is 24.4. The van der Waals surface area contributed by atoms with Crippen molar-refractivity contribution in [2.45, 2.75) is 39.3 Å². The van der Waals surface area contributed by atoms with E-state index < -0.39 is 0 Å². The van der Waals surface area contributed by atoms with Gasteiger partial charge in [-0.05, 0) is 50.6 Å². The lowest BCUT2D eigenvalue weighted by Gasteiger charge is -2.29. The molecule has 0 aliphatic heterocycles. The van der Waals surface area contributed by atoms with Gasteiger partial charge in [-0.1, -0.05) is 42.5 Å². The van der Waals surface area contributed by atoms with Crippen LogP contribution in [0.5, 0.6) is 0 Å². The second kappa shape index (κ2) is 9.64. The van der Waals surface area contributed by atoms with E-state index in [9.17, 15) is 4.79 Å². The van der Waals surface area contributed by atoms with Crippen LogP contribution in [-0.4, -0.2) is 28.5 Å². The molecule has 2 heterocycles. The van der Waals surface area contributed by atoms with Crippen LogP contribution in [0.2, 0.25) is 0 Å². The van der Waals surface area contributed by atoms with Gasteiger partial charge in [-0.2, -0.15) is 0 Å². The van der Waals surface area contributed by atoms with E-state index in [1.165, 1.54) is 0 Å². The number of furan rings is 1. The Morgan fingerprint density at radius 2 is 1.72 bits per heavy atom. The van der Waals surface area contributed by atoms with Gasteiger partial charge in [-0.3, -0.25) is 4.79 Å². The minimum atomic E-state index is -0.0402. The molecule has 0 radical (unpaired) electrons. The van der Waals surface area contributed by atoms with Crippen molar-refractivity contribution < 1.29 is 9.21 Å². The van der Waals surface area contributed by atoms with Crippen LogP contribution in [-0.2, 0) is 4.79 Å². The smallest absolute Gasteiger partial charge is 0.222 e. The average Bonchev–Trinajstić information content (AvgIpc) is 3.34. The summed E-state index contributed by atoms with van der Waals surface area (Å²) in [5, 5.41) is 4.05. The summed E-state index contributed by atoms with van der Waals surface area (Å²) >= 11 is 0. The van der Waals surface area contributed by atoms with E-state index in [0.29, 0.717) is 24.6 Å². The maximum absolute atomic E-state index is 12.7. The van der Waals surface area contributed by atoms with Gasteiger partial charge in [0.25, 0.3) is 0 Å². The maximum Gasteiger partial charge on any atom is 0.222 e. The van der Waals surface area contributed by atoms with E-state index in [-0.39, 0.29) is 18.0 Å². The monoisotopic (exact) mass is 428 g/mol. The summed E-state index contributed by atoms with van der Waals surface area (Å²) in [6.07, 6.45) is 1.98. The number of nitrogens with one attached hydrogen (secondary N) is 1. The molecule has 4 rings (SSSR count). The molecule has 0 saturated heterocycles. The molecule has 2 aromatic heterocycles. The minimum absolute atomic E-state index is 0.0108. The van der Waals surface area contributed by atoms with E-state index >= 15 is 0 Å². The number of nitrogens with zero attached hydrogens (tertiary/aromatic N) is 3. The van der Waals surface area contributed by atoms with Gasteiger partial charge in [-0.25, -0.2) is 9.97 Å². The predicted octanol–water partition coefficient (Wildman–Crippen LogP) is 5.37. The third-order valence-electron chi connectivity index (χ3n) is 5.48. The fourth-order valence-electron chi connectivity index (χ4n) is 3.76. The number of para-hydroxylation sites is 1. The van der Waals surface area contributed by atoms with Gasteiger partial charge in [-0.15, -0.1) is 0 Å². The normalized spacial score (nSPS) is 12.1. The summed E-state index contributed by atoms with van der Waals surface area (Å²) in [5.74, 6) is 1.98. The third kappa shape index (κ3) is 4.80. The Hall–Kier alpha value is -3.67. The van der Waals surface area contributed by atoms with Crippen molar-refractivity contribution in [2.24, 2.45) is 0 Å². The van der Waals surface area contributed by atoms with Gasteiger partial charge in [0.05, 0.1) is 17.8 Å². The first kappa shape index (κ1) is 21.6. The maximum atomic E-state index is 12.7. The van der Waals surface area contributed by atoms with Crippen molar-refractivity contribution in [3.63, 3.8) is 0 Å². The molecule has 164 valence electrons. The zero-order chi connectivity index (χ0) is 22.5. The molecule has 1 N–H and O–H groups in total. The van der Waals surface area contributed by atoms with Gasteiger partial charge >= 0.3 is 0 Å². The first-order valence-corrected chi connectivity index (χ1v) is 10.9. The zero-order valence-electron chi connectivity index (χ0n) is 18.7. The Balaban J connectivity index is 1.57. The minimum Gasteiger partial charge on any atom is -0.461 e. The van der Waals surface area contributed by atoms with E-state index in [2.05, 4.69) is 29.0 Å². The highest BCUT2D eigenvalue weighted by molar-refractivity contribution is 5.91. The van der Waals surface area contributed by atoms with Crippen molar-refractivity contribution in [3.05, 3.63) is 78.6 Å². The molecule has 32 heavy (non-hydrogen) atoms. The van der Waals surface area contributed by atoms with Crippen molar-refractivity contribution in [1.82, 2.24) is 15.3 Å². The molecular weight excluding hydrogens is 400 g/mol. The third-order valence-corrected chi connectivity index (χ3v) is 5.48. The number of fused-ring (bicyclic) bond motifs is 1. The number of amides is 1. The van der Waals surface area contributed by atoms with E-state index in [4.69, 9.17) is 9.40 Å². The first-order valence-electron chi connectivity index (χ1n) is 10.9. The summed E-state index contributed by atoms with van der Waals surface area (Å²) in [5.41, 5.74) is 1.93. The van der Waals surface area contributed by atoms with Crippen LogP contribution in [0, 0.1) is 0 Å². The molecule has 0 spiro atoms. The molecule has 0 fully saturated rings. The second-order valence-corrected chi connectivity index (χ2v) is 8.10. The zero-order valence-corrected chi connectivity index (χ0v) is 18.7. The highest BCUT2D eigenvalue weighted by Gasteiger charge is 2.20. The van der Waals surface area contributed by atoms with Gasteiger partial charge in [0.1, 0.15) is 5.82 Å². The van der Waals surface area contributed by atoms with Gasteiger partial charge in [0, 0.05) is 24.4 Å². The number of anilines is 1. The largest absolute Gasteiger partial charge is 0.461 e. The molecule has 6 heteroatoms. The van der Waals surface area contributed by atoms with Crippen LogP contribution in [0.4, 0.5) is 5.82 Å². The van der Waals surface area contributed by atoms with E-state index in [1.807, 2.05) is 73.7 Å². The molecule has 1 atom stereocenters. The fraction of sp³-hybridized carbons (Fsp3) is 0.269. The summed E-state index contributed by atoms with van der Waals surface area (Å²) in [7, 11) is 0. The molecule has 0 saturated carbocycles. The van der Waals surface area contributed by atoms with Crippen LogP contribution in [0.25, 0.3) is 22.5 Å². The number of hydrogen-bond acceptors (Lipinski definition) is 5. The van der Waals surface area contributed by atoms with Gasteiger partial charge in [0.15, 0.2) is 11.6 Å². The lowest BCUT2D eigenvalue weighted by atomic mass is 10.1. The lowest BCUT2D eigenvalue weighted by molar-refractivity contribution is -0.121. The quantitative estimate of drug-likeness (QED) is 0.408. The molecular formula is C26H28N4O2. The Morgan fingerprint density at radius 1 is 0.969 bits per heavy atom. The average molecular weight is 429 g/mol. The molecule has 6 nitrogen and oxygen atoms in total. The van der Waals surface area contributed by atoms with Crippen LogP contribution in [0.1, 0.15) is 38.8 Å². The Labute approximate surface area is 188 Å². The number of hydrogen-bond donors (Lipinski definition) is 1. The van der Waals surface area contributed by atoms with E-state index in [0.717, 1.165) is 22.3 Å². The highest BCUT2D eigenvalue weighted by Crippen LogP contribution is 2.29. The molecule has 2 aromatic carbocycles. The van der Waals surface area contributed by atoms with Crippen LogP contribution >= 0.6 is 0 Å². The molecule has 4 aromatic rings. The number of carbonyl (C=O) groups is 1. The molecule has 1 amide bonds. The van der Waals surface area contributed by atoms with Crippen molar-refractivity contribution >= 4 is 22.6 Å². The first-order chi connectivity index (χ1) is 15.5. The summed E-state index contributed by atoms with van der Waals surface area (Å²) in [6, 6.07) is 21.7. The predicted molar refractivity (Wildman–Crippen MR) is 127 cm³/mol. The molecule has 0 aliphatic carbocycles. The number of carbonyl (C=O) groups excluding carboxylic acids is 1. The molecule has 0 unspecified atom stereocenters. The Kier molecular flexibility index (Phi) is 6.50. The lowest BCUT2D eigenvalue weighted by Crippen LogP contribution is -2.36. The van der Waals surface area contributed by atoms with Crippen LogP contribution < -0.4 is 10.2 Å². The molecule has 0 bridgehead atoms. The number of benzene rings is 2. The number of rotatable bonds is 8. The topological polar surface area (TPSA) is 71.3 Å². The summed E-state index contributed by atoms with van der Waals surface area (Å²) in [6.45, 7) is 6.76. The van der Waals surface area contributed by atoms with Crippen LogP contribution in [0.3, 0.4) is 0 Å². The molecule has 0 aliphatic rings. The van der Waals surface area contributed by atoms with Crippen molar-refractivity contribution in [3.8, 4) is 11.6 Å². The van der Waals surface area contributed by atoms with Gasteiger partial charge in [0.2, 0.25) is 5.91 Å². The number of aromatic nitrogens is 2.